The monoisotopic (exact) mass is 312 g/mol. The van der Waals surface area contributed by atoms with E-state index in [9.17, 15) is 9.90 Å². The van der Waals surface area contributed by atoms with Gasteiger partial charge in [0, 0.05) is 33.7 Å². The summed E-state index contributed by atoms with van der Waals surface area (Å²) in [6, 6.07) is 0. The van der Waals surface area contributed by atoms with Crippen LogP contribution in [0.4, 0.5) is 0 Å². The molecule has 1 N–H and O–H groups in total. The number of ether oxygens (including phenoxy) is 1. The Labute approximate surface area is 130 Å². The van der Waals surface area contributed by atoms with Crippen molar-refractivity contribution in [2.24, 2.45) is 0 Å². The van der Waals surface area contributed by atoms with Gasteiger partial charge in [-0.15, -0.1) is 0 Å². The predicted octanol–water partition coefficient (Wildman–Crippen LogP) is -0.190. The number of hydrogen-bond donors (Lipinski definition) is 1. The second-order valence-electron chi connectivity index (χ2n) is 5.82. The molecular weight excluding hydrogens is 288 g/mol. The molecule has 124 valence electrons. The van der Waals surface area contributed by atoms with Crippen molar-refractivity contribution < 1.29 is 19.2 Å². The molecule has 0 bridgehead atoms. The molecule has 22 heavy (non-hydrogen) atoms. The van der Waals surface area contributed by atoms with Crippen molar-refractivity contribution in [3.8, 4) is 0 Å². The number of aryl methyl sites for hydroxylation is 1. The molecule has 1 fully saturated rings. The molecule has 1 aliphatic heterocycles. The molecule has 0 aromatic carbocycles. The van der Waals surface area contributed by atoms with E-state index < -0.39 is 5.60 Å². The Morgan fingerprint density at radius 3 is 2.95 bits per heavy atom. The van der Waals surface area contributed by atoms with Gasteiger partial charge in [0.15, 0.2) is 11.4 Å². The molecule has 1 unspecified atom stereocenters. The largest absolute Gasteiger partial charge is 0.383 e. The van der Waals surface area contributed by atoms with E-state index in [1.807, 2.05) is 11.9 Å². The van der Waals surface area contributed by atoms with E-state index in [1.165, 1.54) is 0 Å². The number of rotatable bonds is 7. The van der Waals surface area contributed by atoms with E-state index in [0.29, 0.717) is 44.4 Å². The molecule has 0 aliphatic carbocycles. The van der Waals surface area contributed by atoms with Crippen LogP contribution in [-0.2, 0) is 16.1 Å². The van der Waals surface area contributed by atoms with Crippen molar-refractivity contribution in [1.82, 2.24) is 19.9 Å². The molecular formula is C14H24N4O4. The molecule has 0 saturated carbocycles. The minimum absolute atomic E-state index is 0.230. The predicted molar refractivity (Wildman–Crippen MR) is 78.0 cm³/mol. The van der Waals surface area contributed by atoms with E-state index in [2.05, 4.69) is 10.1 Å². The molecule has 1 saturated heterocycles. The molecule has 1 atom stereocenters. The lowest BCUT2D eigenvalue weighted by Gasteiger charge is -2.39. The van der Waals surface area contributed by atoms with Gasteiger partial charge in [-0.05, 0) is 19.9 Å². The molecule has 1 aliphatic rings. The quantitative estimate of drug-likeness (QED) is 0.746. The number of nitrogens with zero attached hydrogens (tertiary/aromatic N) is 4. The lowest BCUT2D eigenvalue weighted by molar-refractivity contribution is -0.160. The third kappa shape index (κ3) is 4.02. The molecule has 2 heterocycles. The number of hydrogen-bond acceptors (Lipinski definition) is 7. The maximum Gasteiger partial charge on any atom is 0.255 e. The third-order valence-corrected chi connectivity index (χ3v) is 3.78. The molecule has 1 amide bonds. The molecule has 2 rings (SSSR count). The molecule has 0 radical (unpaired) electrons. The first kappa shape index (κ1) is 16.9. The smallest absolute Gasteiger partial charge is 0.255 e. The van der Waals surface area contributed by atoms with E-state index in [4.69, 9.17) is 9.26 Å². The van der Waals surface area contributed by atoms with Gasteiger partial charge >= 0.3 is 0 Å². The Bertz CT molecular complexity index is 507. The van der Waals surface area contributed by atoms with Crippen LogP contribution in [0, 0.1) is 6.92 Å². The lowest BCUT2D eigenvalue weighted by atomic mass is 9.91. The van der Waals surface area contributed by atoms with Crippen molar-refractivity contribution in [2.75, 3.05) is 40.4 Å². The minimum Gasteiger partial charge on any atom is -0.383 e. The molecule has 8 nitrogen and oxygen atoms in total. The number of carbonyl (C=O) groups excluding carboxylic acids is 1. The average Bonchev–Trinajstić information content (AvgIpc) is 2.85. The second-order valence-corrected chi connectivity index (χ2v) is 5.82. The highest BCUT2D eigenvalue weighted by Crippen LogP contribution is 2.24. The summed E-state index contributed by atoms with van der Waals surface area (Å²) in [6.45, 7) is 4.03. The Morgan fingerprint density at radius 1 is 1.55 bits per heavy atom. The zero-order valence-electron chi connectivity index (χ0n) is 13.4. The maximum absolute atomic E-state index is 12.5. The Balaban J connectivity index is 1.95. The Kier molecular flexibility index (Phi) is 5.49. The summed E-state index contributed by atoms with van der Waals surface area (Å²) in [5.74, 6) is 0.816. The first-order chi connectivity index (χ1) is 10.4. The number of amides is 1. The minimum atomic E-state index is -1.36. The van der Waals surface area contributed by atoms with Gasteiger partial charge in [-0.1, -0.05) is 5.16 Å². The Morgan fingerprint density at radius 2 is 2.32 bits per heavy atom. The first-order valence-electron chi connectivity index (χ1n) is 7.43. The topological polar surface area (TPSA) is 91.9 Å². The summed E-state index contributed by atoms with van der Waals surface area (Å²) in [5, 5.41) is 14.5. The van der Waals surface area contributed by atoms with Gasteiger partial charge in [-0.3, -0.25) is 9.69 Å². The highest BCUT2D eigenvalue weighted by Gasteiger charge is 2.42. The standard InChI is InChI=1S/C14H24N4O4/c1-11-15-12(16-22-11)9-17(2)10-14(20)5-4-6-18(13(14)19)7-8-21-3/h20H,4-10H2,1-3H3. The number of aromatic nitrogens is 2. The van der Waals surface area contributed by atoms with Crippen LogP contribution in [0.1, 0.15) is 24.6 Å². The number of likely N-dealkylation sites (tertiary alicyclic amines) is 1. The molecule has 0 spiro atoms. The van der Waals surface area contributed by atoms with Crippen LogP contribution in [-0.4, -0.2) is 77.0 Å². The summed E-state index contributed by atoms with van der Waals surface area (Å²) in [4.78, 5) is 20.1. The van der Waals surface area contributed by atoms with Gasteiger partial charge in [0.05, 0.1) is 13.2 Å². The fourth-order valence-corrected chi connectivity index (χ4v) is 2.78. The Hall–Kier alpha value is -1.51. The zero-order valence-corrected chi connectivity index (χ0v) is 13.4. The van der Waals surface area contributed by atoms with Crippen molar-refractivity contribution in [2.45, 2.75) is 31.9 Å². The van der Waals surface area contributed by atoms with Crippen LogP contribution in [0.5, 0.6) is 0 Å². The van der Waals surface area contributed by atoms with E-state index >= 15 is 0 Å². The number of likely N-dealkylation sites (N-methyl/N-ethyl adjacent to an activating group) is 1. The SMILES string of the molecule is COCCN1CCCC(O)(CN(C)Cc2noc(C)n2)C1=O. The van der Waals surface area contributed by atoms with E-state index in [0.717, 1.165) is 6.42 Å². The van der Waals surface area contributed by atoms with Crippen LogP contribution in [0.2, 0.25) is 0 Å². The molecule has 8 heteroatoms. The van der Waals surface area contributed by atoms with Gasteiger partial charge < -0.3 is 19.3 Å². The fraction of sp³-hybridized carbons (Fsp3) is 0.786. The van der Waals surface area contributed by atoms with Crippen LogP contribution < -0.4 is 0 Å². The van der Waals surface area contributed by atoms with Gasteiger partial charge in [0.25, 0.3) is 5.91 Å². The van der Waals surface area contributed by atoms with E-state index in [1.54, 1.807) is 18.9 Å². The average molecular weight is 312 g/mol. The van der Waals surface area contributed by atoms with Gasteiger partial charge in [-0.2, -0.15) is 4.98 Å². The number of carbonyl (C=O) groups is 1. The van der Waals surface area contributed by atoms with E-state index in [-0.39, 0.29) is 12.5 Å². The third-order valence-electron chi connectivity index (χ3n) is 3.78. The number of aliphatic hydroxyl groups is 1. The maximum atomic E-state index is 12.5. The number of methoxy groups -OCH3 is 1. The van der Waals surface area contributed by atoms with Crippen molar-refractivity contribution in [3.63, 3.8) is 0 Å². The van der Waals surface area contributed by atoms with Crippen molar-refractivity contribution in [1.29, 1.82) is 0 Å². The normalized spacial score (nSPS) is 22.6. The van der Waals surface area contributed by atoms with Crippen molar-refractivity contribution in [3.05, 3.63) is 11.7 Å². The second kappa shape index (κ2) is 7.17. The van der Waals surface area contributed by atoms with Gasteiger partial charge in [0.1, 0.15) is 0 Å². The van der Waals surface area contributed by atoms with Gasteiger partial charge in [0.2, 0.25) is 5.89 Å². The lowest BCUT2D eigenvalue weighted by Crippen LogP contribution is -2.58. The summed E-state index contributed by atoms with van der Waals surface area (Å²) >= 11 is 0. The number of piperidine rings is 1. The van der Waals surface area contributed by atoms with Crippen LogP contribution >= 0.6 is 0 Å². The van der Waals surface area contributed by atoms with Crippen LogP contribution in [0.3, 0.4) is 0 Å². The van der Waals surface area contributed by atoms with Crippen LogP contribution in [0.25, 0.3) is 0 Å². The highest BCUT2D eigenvalue weighted by molar-refractivity contribution is 5.86. The zero-order chi connectivity index (χ0) is 16.2. The fourth-order valence-electron chi connectivity index (χ4n) is 2.78. The summed E-state index contributed by atoms with van der Waals surface area (Å²) in [5.41, 5.74) is -1.36. The molecule has 1 aromatic heterocycles. The summed E-state index contributed by atoms with van der Waals surface area (Å²) in [6.07, 6.45) is 1.24. The summed E-state index contributed by atoms with van der Waals surface area (Å²) < 4.78 is 9.93. The summed E-state index contributed by atoms with van der Waals surface area (Å²) in [7, 11) is 3.42. The highest BCUT2D eigenvalue weighted by atomic mass is 16.5. The first-order valence-corrected chi connectivity index (χ1v) is 7.43. The van der Waals surface area contributed by atoms with Crippen LogP contribution in [0.15, 0.2) is 4.52 Å². The molecule has 1 aromatic rings. The van der Waals surface area contributed by atoms with Crippen molar-refractivity contribution >= 4 is 5.91 Å². The van der Waals surface area contributed by atoms with Gasteiger partial charge in [-0.25, -0.2) is 0 Å².